The lowest BCUT2D eigenvalue weighted by molar-refractivity contribution is 0.0767. The van der Waals surface area contributed by atoms with E-state index < -0.39 is 5.82 Å². The second kappa shape index (κ2) is 7.82. The molecule has 0 atom stereocenters. The van der Waals surface area contributed by atoms with Crippen LogP contribution in [0.2, 0.25) is 0 Å². The zero-order valence-corrected chi connectivity index (χ0v) is 14.7. The fourth-order valence-electron chi connectivity index (χ4n) is 2.44. The van der Waals surface area contributed by atoms with E-state index in [4.69, 9.17) is 4.74 Å². The summed E-state index contributed by atoms with van der Waals surface area (Å²) in [4.78, 5) is 14.0. The molecule has 0 fully saturated rings. The minimum Gasteiger partial charge on any atom is -0.492 e. The van der Waals surface area contributed by atoms with Crippen molar-refractivity contribution in [1.82, 2.24) is 14.7 Å². The van der Waals surface area contributed by atoms with Gasteiger partial charge in [0, 0.05) is 13.2 Å². The summed E-state index contributed by atoms with van der Waals surface area (Å²) < 4.78 is 20.8. The first kappa shape index (κ1) is 17.7. The van der Waals surface area contributed by atoms with Gasteiger partial charge in [-0.15, -0.1) is 0 Å². The zero-order chi connectivity index (χ0) is 18.5. The Morgan fingerprint density at radius 2 is 1.88 bits per heavy atom. The topological polar surface area (TPSA) is 47.4 Å². The van der Waals surface area contributed by atoms with Crippen LogP contribution in [0.4, 0.5) is 4.39 Å². The molecule has 0 unspecified atom stereocenters. The number of hydrogen-bond acceptors (Lipinski definition) is 3. The van der Waals surface area contributed by atoms with E-state index in [1.807, 2.05) is 31.2 Å². The van der Waals surface area contributed by atoms with Crippen molar-refractivity contribution in [3.8, 4) is 11.4 Å². The number of carbonyl (C=O) groups excluding carboxylic acids is 1. The summed E-state index contributed by atoms with van der Waals surface area (Å²) in [6.45, 7) is 2.80. The van der Waals surface area contributed by atoms with E-state index in [0.717, 1.165) is 11.3 Å². The van der Waals surface area contributed by atoms with Gasteiger partial charge in [-0.3, -0.25) is 4.79 Å². The van der Waals surface area contributed by atoms with Gasteiger partial charge in [-0.2, -0.15) is 5.10 Å². The first-order chi connectivity index (χ1) is 12.5. The third kappa shape index (κ3) is 4.08. The van der Waals surface area contributed by atoms with Crippen LogP contribution in [-0.2, 0) is 0 Å². The van der Waals surface area contributed by atoms with Crippen molar-refractivity contribution in [1.29, 1.82) is 0 Å². The molecule has 0 bridgehead atoms. The van der Waals surface area contributed by atoms with Crippen LogP contribution in [0.3, 0.4) is 0 Å². The number of hydrogen-bond donors (Lipinski definition) is 0. The summed E-state index contributed by atoms with van der Waals surface area (Å²) in [5, 5.41) is 4.18. The first-order valence-electron chi connectivity index (χ1n) is 8.30. The number of ether oxygens (including phenoxy) is 1. The highest BCUT2D eigenvalue weighted by Crippen LogP contribution is 2.13. The lowest BCUT2D eigenvalue weighted by atomic mass is 10.2. The Bertz CT molecular complexity index is 890. The fourth-order valence-corrected chi connectivity index (χ4v) is 2.44. The zero-order valence-electron chi connectivity index (χ0n) is 14.7. The molecule has 0 aliphatic rings. The summed E-state index contributed by atoms with van der Waals surface area (Å²) in [5.74, 6) is 0.127. The van der Waals surface area contributed by atoms with Crippen molar-refractivity contribution in [3.05, 3.63) is 77.9 Å². The summed E-state index contributed by atoms with van der Waals surface area (Å²) in [6, 6.07) is 15.6. The lowest BCUT2D eigenvalue weighted by Gasteiger charge is -2.16. The highest BCUT2D eigenvalue weighted by molar-refractivity contribution is 5.92. The van der Waals surface area contributed by atoms with Crippen LogP contribution in [0.25, 0.3) is 5.69 Å². The second-order valence-electron chi connectivity index (χ2n) is 5.99. The van der Waals surface area contributed by atoms with Crippen molar-refractivity contribution < 1.29 is 13.9 Å². The normalized spacial score (nSPS) is 10.6. The molecule has 0 saturated heterocycles. The van der Waals surface area contributed by atoms with Crippen molar-refractivity contribution >= 4 is 5.91 Å². The van der Waals surface area contributed by atoms with Gasteiger partial charge in [0.15, 0.2) is 5.69 Å². The van der Waals surface area contributed by atoms with Gasteiger partial charge in [-0.1, -0.05) is 29.8 Å². The Balaban J connectivity index is 1.58. The molecule has 1 aromatic heterocycles. The predicted molar refractivity (Wildman–Crippen MR) is 97.2 cm³/mol. The molecule has 6 heteroatoms. The van der Waals surface area contributed by atoms with Gasteiger partial charge in [0.05, 0.1) is 6.54 Å². The largest absolute Gasteiger partial charge is 0.492 e. The molecular weight excluding hydrogens is 333 g/mol. The van der Waals surface area contributed by atoms with Gasteiger partial charge in [-0.25, -0.2) is 9.07 Å². The van der Waals surface area contributed by atoms with Crippen LogP contribution in [-0.4, -0.2) is 40.8 Å². The molecule has 1 amide bonds. The van der Waals surface area contributed by atoms with Crippen molar-refractivity contribution in [2.45, 2.75) is 6.92 Å². The number of nitrogens with zero attached hydrogens (tertiary/aromatic N) is 3. The Hall–Kier alpha value is -3.15. The van der Waals surface area contributed by atoms with Crippen molar-refractivity contribution in [2.75, 3.05) is 20.2 Å². The summed E-state index contributed by atoms with van der Waals surface area (Å²) >= 11 is 0. The van der Waals surface area contributed by atoms with Crippen LogP contribution in [0.15, 0.2) is 60.8 Å². The second-order valence-corrected chi connectivity index (χ2v) is 5.99. The number of likely N-dealkylation sites (N-methyl/N-ethyl adjacent to an activating group) is 1. The maximum Gasteiger partial charge on any atom is 0.274 e. The molecule has 3 aromatic rings. The van der Waals surface area contributed by atoms with Crippen molar-refractivity contribution in [3.63, 3.8) is 0 Å². The van der Waals surface area contributed by atoms with E-state index in [-0.39, 0.29) is 11.6 Å². The highest BCUT2D eigenvalue weighted by Gasteiger charge is 2.16. The average molecular weight is 353 g/mol. The number of aromatic nitrogens is 2. The summed E-state index contributed by atoms with van der Waals surface area (Å²) in [7, 11) is 1.68. The van der Waals surface area contributed by atoms with E-state index in [1.165, 1.54) is 15.6 Å². The van der Waals surface area contributed by atoms with E-state index in [1.54, 1.807) is 37.5 Å². The molecular formula is C20H20FN3O2. The molecule has 5 nitrogen and oxygen atoms in total. The molecule has 0 aliphatic carbocycles. The molecule has 1 heterocycles. The highest BCUT2D eigenvalue weighted by atomic mass is 19.1. The number of benzene rings is 2. The van der Waals surface area contributed by atoms with E-state index in [9.17, 15) is 9.18 Å². The maximum atomic E-state index is 13.8. The SMILES string of the molecule is Cc1ccc(OCCN(C)C(=O)c2ccn(-c3ccccc3F)n2)cc1. The van der Waals surface area contributed by atoms with Gasteiger partial charge in [0.1, 0.15) is 23.9 Å². The number of carbonyl (C=O) groups is 1. The van der Waals surface area contributed by atoms with Gasteiger partial charge in [-0.05, 0) is 37.3 Å². The molecule has 134 valence electrons. The molecule has 0 aliphatic heterocycles. The van der Waals surface area contributed by atoms with E-state index in [0.29, 0.717) is 18.8 Å². The minimum atomic E-state index is -0.394. The number of halogens is 1. The van der Waals surface area contributed by atoms with Crippen LogP contribution < -0.4 is 4.74 Å². The van der Waals surface area contributed by atoms with E-state index in [2.05, 4.69) is 5.10 Å². The quantitative estimate of drug-likeness (QED) is 0.682. The van der Waals surface area contributed by atoms with Crippen LogP contribution in [0, 0.1) is 12.7 Å². The van der Waals surface area contributed by atoms with Gasteiger partial charge in [0.25, 0.3) is 5.91 Å². The summed E-state index contributed by atoms with van der Waals surface area (Å²) in [6.07, 6.45) is 1.57. The lowest BCUT2D eigenvalue weighted by Crippen LogP contribution is -2.31. The monoisotopic (exact) mass is 353 g/mol. The number of amides is 1. The van der Waals surface area contributed by atoms with Gasteiger partial charge in [0.2, 0.25) is 0 Å². The molecule has 0 spiro atoms. The standard InChI is InChI=1S/C20H20FN3O2/c1-15-7-9-16(10-8-15)26-14-13-23(2)20(25)18-11-12-24(22-18)19-6-4-3-5-17(19)21/h3-12H,13-14H2,1-2H3. The molecule has 0 N–H and O–H groups in total. The molecule has 3 rings (SSSR count). The first-order valence-corrected chi connectivity index (χ1v) is 8.30. The smallest absolute Gasteiger partial charge is 0.274 e. The average Bonchev–Trinajstić information content (AvgIpc) is 3.13. The summed E-state index contributed by atoms with van der Waals surface area (Å²) in [5.41, 5.74) is 1.72. The third-order valence-corrected chi connectivity index (χ3v) is 3.97. The molecule has 2 aromatic carbocycles. The van der Waals surface area contributed by atoms with Gasteiger partial charge < -0.3 is 9.64 Å². The Labute approximate surface area is 151 Å². The molecule has 0 saturated carbocycles. The van der Waals surface area contributed by atoms with E-state index >= 15 is 0 Å². The van der Waals surface area contributed by atoms with Crippen LogP contribution in [0.1, 0.15) is 16.1 Å². The number of rotatable bonds is 6. The van der Waals surface area contributed by atoms with Crippen LogP contribution in [0.5, 0.6) is 5.75 Å². The Morgan fingerprint density at radius 3 is 2.62 bits per heavy atom. The number of para-hydroxylation sites is 1. The maximum absolute atomic E-state index is 13.8. The predicted octanol–water partition coefficient (Wildman–Crippen LogP) is 3.47. The third-order valence-electron chi connectivity index (χ3n) is 3.97. The minimum absolute atomic E-state index is 0.243. The fraction of sp³-hybridized carbons (Fsp3) is 0.200. The Morgan fingerprint density at radius 1 is 1.15 bits per heavy atom. The van der Waals surface area contributed by atoms with Crippen LogP contribution >= 0.6 is 0 Å². The molecule has 0 radical (unpaired) electrons. The number of aryl methyl sites for hydroxylation is 1. The molecule has 26 heavy (non-hydrogen) atoms. The van der Waals surface area contributed by atoms with Crippen molar-refractivity contribution in [2.24, 2.45) is 0 Å². The Kier molecular flexibility index (Phi) is 5.31. The van der Waals surface area contributed by atoms with Gasteiger partial charge >= 0.3 is 0 Å².